The van der Waals surface area contributed by atoms with Crippen LogP contribution in [0, 0.1) is 5.82 Å². The summed E-state index contributed by atoms with van der Waals surface area (Å²) >= 11 is 1.72. The van der Waals surface area contributed by atoms with Crippen LogP contribution >= 0.6 is 11.8 Å². The van der Waals surface area contributed by atoms with E-state index in [1.165, 1.54) is 17.0 Å². The van der Waals surface area contributed by atoms with Gasteiger partial charge < -0.3 is 10.0 Å². The molecule has 1 rings (SSSR count). The summed E-state index contributed by atoms with van der Waals surface area (Å²) in [7, 11) is 0. The van der Waals surface area contributed by atoms with E-state index in [0.29, 0.717) is 12.0 Å². The number of carbonyl (C=O) groups is 2. The molecule has 0 fully saturated rings. The molecule has 4 nitrogen and oxygen atoms in total. The minimum atomic E-state index is -1.07. The Morgan fingerprint density at radius 2 is 2.10 bits per heavy atom. The summed E-state index contributed by atoms with van der Waals surface area (Å²) in [6.07, 6.45) is 3.98. The number of carboxylic acids is 1. The quantitative estimate of drug-likeness (QED) is 0.712. The van der Waals surface area contributed by atoms with Crippen LogP contribution in [0.25, 0.3) is 0 Å². The Bertz CT molecular complexity index is 482. The molecule has 0 bridgehead atoms. The molecule has 0 unspecified atom stereocenters. The van der Waals surface area contributed by atoms with Crippen molar-refractivity contribution in [3.8, 4) is 0 Å². The Hall–Kier alpha value is -1.56. The smallest absolute Gasteiger partial charge is 0.323 e. The van der Waals surface area contributed by atoms with Crippen LogP contribution in [0.1, 0.15) is 24.8 Å². The summed E-state index contributed by atoms with van der Waals surface area (Å²) in [5.74, 6) is -0.683. The van der Waals surface area contributed by atoms with Gasteiger partial charge in [0.15, 0.2) is 0 Å². The van der Waals surface area contributed by atoms with E-state index in [1.54, 1.807) is 23.9 Å². The molecule has 0 aliphatic rings. The number of hydrogen-bond donors (Lipinski definition) is 1. The van der Waals surface area contributed by atoms with Crippen molar-refractivity contribution in [2.24, 2.45) is 0 Å². The van der Waals surface area contributed by atoms with Crippen molar-refractivity contribution in [1.82, 2.24) is 4.90 Å². The Labute approximate surface area is 128 Å². The number of rotatable bonds is 9. The molecule has 1 aromatic carbocycles. The molecule has 1 N–H and O–H groups in total. The van der Waals surface area contributed by atoms with Gasteiger partial charge in [-0.3, -0.25) is 9.59 Å². The van der Waals surface area contributed by atoms with Gasteiger partial charge in [-0.2, -0.15) is 11.8 Å². The van der Waals surface area contributed by atoms with Crippen LogP contribution in [0.4, 0.5) is 4.39 Å². The van der Waals surface area contributed by atoms with Crippen molar-refractivity contribution in [1.29, 1.82) is 0 Å². The summed E-state index contributed by atoms with van der Waals surface area (Å²) < 4.78 is 13.1. The molecule has 1 aromatic rings. The molecule has 0 saturated carbocycles. The predicted molar refractivity (Wildman–Crippen MR) is 81.7 cm³/mol. The summed E-state index contributed by atoms with van der Waals surface area (Å²) in [6.45, 7) is -0.247. The molecular weight excluding hydrogens is 293 g/mol. The summed E-state index contributed by atoms with van der Waals surface area (Å²) in [5, 5.41) is 8.90. The number of hydrogen-bond acceptors (Lipinski definition) is 3. The fourth-order valence-corrected chi connectivity index (χ4v) is 2.42. The highest BCUT2D eigenvalue weighted by Gasteiger charge is 2.17. The van der Waals surface area contributed by atoms with Gasteiger partial charge in [-0.15, -0.1) is 0 Å². The van der Waals surface area contributed by atoms with Gasteiger partial charge in [-0.1, -0.05) is 12.1 Å². The van der Waals surface area contributed by atoms with Crippen molar-refractivity contribution in [3.63, 3.8) is 0 Å². The predicted octanol–water partition coefficient (Wildman–Crippen LogP) is 2.77. The highest BCUT2D eigenvalue weighted by atomic mass is 32.2. The van der Waals surface area contributed by atoms with Crippen LogP contribution < -0.4 is 0 Å². The number of nitrogens with zero attached hydrogens (tertiary/aromatic N) is 1. The second kappa shape index (κ2) is 9.39. The summed E-state index contributed by atoms with van der Waals surface area (Å²) in [6, 6.07) is 5.86. The first-order valence-electron chi connectivity index (χ1n) is 6.76. The maximum Gasteiger partial charge on any atom is 0.323 e. The molecule has 21 heavy (non-hydrogen) atoms. The first kappa shape index (κ1) is 17.5. The first-order chi connectivity index (χ1) is 10.0. The molecule has 0 spiro atoms. The van der Waals surface area contributed by atoms with Gasteiger partial charge in [-0.05, 0) is 42.5 Å². The van der Waals surface area contributed by atoms with Crippen LogP contribution in [0.2, 0.25) is 0 Å². The highest BCUT2D eigenvalue weighted by molar-refractivity contribution is 7.98. The van der Waals surface area contributed by atoms with E-state index in [0.717, 1.165) is 18.6 Å². The number of benzene rings is 1. The molecule has 0 aliphatic heterocycles. The number of carboxylic acid groups (broad SMARTS) is 1. The number of carbonyl (C=O) groups excluding carboxylic acids is 1. The molecule has 116 valence electrons. The van der Waals surface area contributed by atoms with Gasteiger partial charge >= 0.3 is 5.97 Å². The number of halogens is 1. The van der Waals surface area contributed by atoms with Gasteiger partial charge in [0.1, 0.15) is 12.4 Å². The molecule has 0 radical (unpaired) electrons. The fraction of sp³-hybridized carbons (Fsp3) is 0.467. The average molecular weight is 313 g/mol. The standard InChI is InChI=1S/C15H20FNO3S/c1-21-8-3-2-7-14(18)17(11-15(19)20)10-12-5-4-6-13(16)9-12/h4-6,9H,2-3,7-8,10-11H2,1H3,(H,19,20). The van der Waals surface area contributed by atoms with Crippen molar-refractivity contribution >= 4 is 23.6 Å². The van der Waals surface area contributed by atoms with E-state index in [9.17, 15) is 14.0 Å². The van der Waals surface area contributed by atoms with Crippen molar-refractivity contribution < 1.29 is 19.1 Å². The lowest BCUT2D eigenvalue weighted by atomic mass is 10.2. The second-order valence-electron chi connectivity index (χ2n) is 4.72. The number of unbranched alkanes of at least 4 members (excludes halogenated alkanes) is 1. The van der Waals surface area contributed by atoms with E-state index in [1.807, 2.05) is 6.26 Å². The maximum absolute atomic E-state index is 13.1. The second-order valence-corrected chi connectivity index (χ2v) is 5.71. The lowest BCUT2D eigenvalue weighted by Crippen LogP contribution is -2.35. The van der Waals surface area contributed by atoms with Crippen LogP contribution in [0.3, 0.4) is 0 Å². The van der Waals surface area contributed by atoms with Gasteiger partial charge in [0, 0.05) is 13.0 Å². The Balaban J connectivity index is 2.62. The lowest BCUT2D eigenvalue weighted by molar-refractivity contribution is -0.144. The molecule has 0 aromatic heterocycles. The van der Waals surface area contributed by atoms with Crippen LogP contribution in [0.15, 0.2) is 24.3 Å². The zero-order valence-corrected chi connectivity index (χ0v) is 12.9. The van der Waals surface area contributed by atoms with Crippen LogP contribution in [-0.4, -0.2) is 40.4 Å². The Morgan fingerprint density at radius 1 is 1.33 bits per heavy atom. The summed E-state index contributed by atoms with van der Waals surface area (Å²) in [5.41, 5.74) is 0.591. The number of thioether (sulfide) groups is 1. The molecule has 0 heterocycles. The van der Waals surface area contributed by atoms with Gasteiger partial charge in [0.05, 0.1) is 0 Å². The average Bonchev–Trinajstić information content (AvgIpc) is 2.42. The monoisotopic (exact) mass is 313 g/mol. The van der Waals surface area contributed by atoms with Crippen molar-refractivity contribution in [3.05, 3.63) is 35.6 Å². The van der Waals surface area contributed by atoms with Crippen molar-refractivity contribution in [2.45, 2.75) is 25.8 Å². The van der Waals surface area contributed by atoms with Gasteiger partial charge in [-0.25, -0.2) is 4.39 Å². The molecule has 6 heteroatoms. The Morgan fingerprint density at radius 3 is 2.71 bits per heavy atom. The zero-order chi connectivity index (χ0) is 15.7. The summed E-state index contributed by atoms with van der Waals surface area (Å²) in [4.78, 5) is 24.2. The van der Waals surface area contributed by atoms with E-state index >= 15 is 0 Å². The first-order valence-corrected chi connectivity index (χ1v) is 8.15. The van der Waals surface area contributed by atoms with Gasteiger partial charge in [0.2, 0.25) is 5.91 Å². The van der Waals surface area contributed by atoms with Crippen molar-refractivity contribution in [2.75, 3.05) is 18.6 Å². The third-order valence-electron chi connectivity index (χ3n) is 2.93. The zero-order valence-electron chi connectivity index (χ0n) is 12.0. The minimum Gasteiger partial charge on any atom is -0.480 e. The van der Waals surface area contributed by atoms with Crippen LogP contribution in [-0.2, 0) is 16.1 Å². The van der Waals surface area contributed by atoms with Crippen LogP contribution in [0.5, 0.6) is 0 Å². The van der Waals surface area contributed by atoms with E-state index in [2.05, 4.69) is 0 Å². The molecular formula is C15H20FNO3S. The molecule has 0 aliphatic carbocycles. The normalized spacial score (nSPS) is 10.4. The molecule has 1 amide bonds. The number of amides is 1. The van der Waals surface area contributed by atoms with E-state index in [-0.39, 0.29) is 19.0 Å². The maximum atomic E-state index is 13.1. The largest absolute Gasteiger partial charge is 0.480 e. The van der Waals surface area contributed by atoms with Gasteiger partial charge in [0.25, 0.3) is 0 Å². The number of aliphatic carboxylic acids is 1. The SMILES string of the molecule is CSCCCCC(=O)N(CC(=O)O)Cc1cccc(F)c1. The topological polar surface area (TPSA) is 57.6 Å². The van der Waals surface area contributed by atoms with E-state index in [4.69, 9.17) is 5.11 Å². The Kier molecular flexibility index (Phi) is 7.82. The minimum absolute atomic E-state index is 0.116. The third kappa shape index (κ3) is 7.13. The van der Waals surface area contributed by atoms with E-state index < -0.39 is 11.8 Å². The molecule has 0 saturated heterocycles. The lowest BCUT2D eigenvalue weighted by Gasteiger charge is -2.21. The third-order valence-corrected chi connectivity index (χ3v) is 3.63. The fourth-order valence-electron chi connectivity index (χ4n) is 1.93. The highest BCUT2D eigenvalue weighted by Crippen LogP contribution is 2.10. The molecule has 0 atom stereocenters.